The maximum absolute atomic E-state index is 13.4. The van der Waals surface area contributed by atoms with E-state index in [1.54, 1.807) is 11.5 Å². The maximum atomic E-state index is 13.4. The predicted octanol–water partition coefficient (Wildman–Crippen LogP) is 4.31. The molecule has 0 aliphatic rings. The van der Waals surface area contributed by atoms with Crippen LogP contribution in [0.25, 0.3) is 33.6 Å². The van der Waals surface area contributed by atoms with Crippen LogP contribution in [0.4, 0.5) is 0 Å². The van der Waals surface area contributed by atoms with Gasteiger partial charge >= 0.3 is 0 Å². The number of hydrogen-bond acceptors (Lipinski definition) is 3. The lowest BCUT2D eigenvalue weighted by atomic mass is 10.1. The summed E-state index contributed by atoms with van der Waals surface area (Å²) < 4.78 is 9.13. The molecular formula is C23H17N3O2. The van der Waals surface area contributed by atoms with E-state index in [4.69, 9.17) is 9.72 Å². The van der Waals surface area contributed by atoms with Crippen LogP contribution in [0, 0.1) is 0 Å². The number of hydrogen-bond donors (Lipinski definition) is 0. The smallest absolute Gasteiger partial charge is 0.267 e. The zero-order chi connectivity index (χ0) is 19.1. The molecule has 28 heavy (non-hydrogen) atoms. The van der Waals surface area contributed by atoms with Gasteiger partial charge in [0.05, 0.1) is 29.4 Å². The molecule has 0 aliphatic heterocycles. The number of para-hydroxylation sites is 3. The van der Waals surface area contributed by atoms with Crippen molar-refractivity contribution in [3.8, 4) is 22.7 Å². The molecule has 5 aromatic rings. The summed E-state index contributed by atoms with van der Waals surface area (Å²) in [5.74, 6) is 1.26. The Balaban J connectivity index is 1.96. The van der Waals surface area contributed by atoms with Gasteiger partial charge in [0.2, 0.25) is 5.78 Å². The van der Waals surface area contributed by atoms with Gasteiger partial charge in [-0.1, -0.05) is 54.6 Å². The van der Waals surface area contributed by atoms with Crippen molar-refractivity contribution in [2.24, 2.45) is 0 Å². The quantitative estimate of drug-likeness (QED) is 0.477. The molecule has 5 nitrogen and oxygen atoms in total. The minimum atomic E-state index is -0.0897. The van der Waals surface area contributed by atoms with Crippen molar-refractivity contribution < 1.29 is 4.74 Å². The third-order valence-corrected chi connectivity index (χ3v) is 4.88. The second-order valence-corrected chi connectivity index (χ2v) is 6.49. The molecule has 3 aromatic carbocycles. The largest absolute Gasteiger partial charge is 0.495 e. The van der Waals surface area contributed by atoms with Gasteiger partial charge in [-0.05, 0) is 24.3 Å². The van der Waals surface area contributed by atoms with Crippen LogP contribution in [0.2, 0.25) is 0 Å². The van der Waals surface area contributed by atoms with Crippen molar-refractivity contribution in [2.75, 3.05) is 7.11 Å². The van der Waals surface area contributed by atoms with E-state index in [1.165, 1.54) is 0 Å². The fourth-order valence-corrected chi connectivity index (χ4v) is 3.56. The van der Waals surface area contributed by atoms with E-state index in [9.17, 15) is 4.79 Å². The number of methoxy groups -OCH3 is 1. The summed E-state index contributed by atoms with van der Waals surface area (Å²) in [6.07, 6.45) is 1.94. The van der Waals surface area contributed by atoms with Crippen LogP contribution in [0.5, 0.6) is 5.75 Å². The van der Waals surface area contributed by atoms with Gasteiger partial charge in [0.15, 0.2) is 0 Å². The standard InChI is InChI=1S/C23H17N3O2/c1-28-21-14-8-7-13-19(21)25-15-20(16-9-3-2-4-10-16)26-22(27)17-11-5-6-12-18(17)24-23(25)26/h2-15H,1H3. The first-order valence-corrected chi connectivity index (χ1v) is 8.99. The first-order valence-electron chi connectivity index (χ1n) is 8.99. The molecule has 0 aliphatic carbocycles. The Morgan fingerprint density at radius 2 is 1.57 bits per heavy atom. The minimum absolute atomic E-state index is 0.0897. The van der Waals surface area contributed by atoms with Gasteiger partial charge < -0.3 is 4.74 Å². The van der Waals surface area contributed by atoms with E-state index < -0.39 is 0 Å². The van der Waals surface area contributed by atoms with Gasteiger partial charge in [-0.25, -0.2) is 9.38 Å². The third kappa shape index (κ3) is 2.41. The summed E-state index contributed by atoms with van der Waals surface area (Å²) in [5.41, 5.74) is 3.13. The summed E-state index contributed by atoms with van der Waals surface area (Å²) in [5, 5.41) is 0.593. The Hall–Kier alpha value is -3.86. The zero-order valence-corrected chi connectivity index (χ0v) is 15.2. The van der Waals surface area contributed by atoms with E-state index in [0.717, 1.165) is 16.9 Å². The van der Waals surface area contributed by atoms with Gasteiger partial charge in [-0.15, -0.1) is 0 Å². The molecular weight excluding hydrogens is 350 g/mol. The maximum Gasteiger partial charge on any atom is 0.267 e. The highest BCUT2D eigenvalue weighted by molar-refractivity contribution is 5.81. The SMILES string of the molecule is COc1ccccc1-n1cc(-c2ccccc2)n2c(=O)c3ccccc3nc12. The average Bonchev–Trinajstić information content (AvgIpc) is 3.14. The minimum Gasteiger partial charge on any atom is -0.495 e. The molecule has 0 spiro atoms. The van der Waals surface area contributed by atoms with Crippen LogP contribution >= 0.6 is 0 Å². The zero-order valence-electron chi connectivity index (χ0n) is 15.2. The van der Waals surface area contributed by atoms with Crippen LogP contribution in [0.15, 0.2) is 89.9 Å². The number of aromatic nitrogens is 3. The second kappa shape index (κ2) is 6.39. The highest BCUT2D eigenvalue weighted by atomic mass is 16.5. The molecule has 2 heterocycles. The third-order valence-electron chi connectivity index (χ3n) is 4.88. The molecule has 0 unspecified atom stereocenters. The normalized spacial score (nSPS) is 11.2. The molecule has 0 radical (unpaired) electrons. The molecule has 0 saturated carbocycles. The van der Waals surface area contributed by atoms with Crippen molar-refractivity contribution in [1.82, 2.24) is 14.0 Å². The first kappa shape index (κ1) is 16.3. The molecule has 5 heteroatoms. The van der Waals surface area contributed by atoms with E-state index in [-0.39, 0.29) is 5.56 Å². The lowest BCUT2D eigenvalue weighted by molar-refractivity contribution is 0.413. The van der Waals surface area contributed by atoms with Gasteiger partial charge in [0.1, 0.15) is 5.75 Å². The molecule has 0 atom stereocenters. The lowest BCUT2D eigenvalue weighted by Gasteiger charge is -2.09. The fraction of sp³-hybridized carbons (Fsp3) is 0.0435. The Morgan fingerprint density at radius 3 is 2.39 bits per heavy atom. The van der Waals surface area contributed by atoms with E-state index in [0.29, 0.717) is 22.4 Å². The molecule has 0 fully saturated rings. The number of imidazole rings is 1. The summed E-state index contributed by atoms with van der Waals surface area (Å²) in [4.78, 5) is 18.2. The van der Waals surface area contributed by atoms with Gasteiger partial charge in [0.25, 0.3) is 5.56 Å². The summed E-state index contributed by atoms with van der Waals surface area (Å²) in [6.45, 7) is 0. The molecule has 2 aromatic heterocycles. The van der Waals surface area contributed by atoms with Crippen molar-refractivity contribution in [2.45, 2.75) is 0 Å². The number of nitrogens with zero attached hydrogens (tertiary/aromatic N) is 3. The van der Waals surface area contributed by atoms with Crippen LogP contribution in [-0.2, 0) is 0 Å². The molecule has 0 N–H and O–H groups in total. The van der Waals surface area contributed by atoms with Crippen LogP contribution in [-0.4, -0.2) is 21.1 Å². The average molecular weight is 367 g/mol. The summed E-state index contributed by atoms with van der Waals surface area (Å²) >= 11 is 0. The number of benzene rings is 3. The molecule has 0 bridgehead atoms. The van der Waals surface area contributed by atoms with Gasteiger partial charge in [-0.3, -0.25) is 9.36 Å². The van der Waals surface area contributed by atoms with E-state index in [2.05, 4.69) is 0 Å². The van der Waals surface area contributed by atoms with Crippen molar-refractivity contribution >= 4 is 16.7 Å². The first-order chi connectivity index (χ1) is 13.8. The van der Waals surface area contributed by atoms with E-state index in [1.807, 2.05) is 89.6 Å². The highest BCUT2D eigenvalue weighted by Gasteiger charge is 2.18. The second-order valence-electron chi connectivity index (χ2n) is 6.49. The Kier molecular flexibility index (Phi) is 3.72. The molecule has 0 saturated heterocycles. The van der Waals surface area contributed by atoms with Crippen LogP contribution < -0.4 is 10.3 Å². The lowest BCUT2D eigenvalue weighted by Crippen LogP contribution is -2.16. The Morgan fingerprint density at radius 1 is 0.857 bits per heavy atom. The Bertz CT molecular complexity index is 1370. The number of rotatable bonds is 3. The van der Waals surface area contributed by atoms with Gasteiger partial charge in [0, 0.05) is 11.8 Å². The summed E-state index contributed by atoms with van der Waals surface area (Å²) in [7, 11) is 1.64. The monoisotopic (exact) mass is 367 g/mol. The summed E-state index contributed by atoms with van der Waals surface area (Å²) in [6, 6.07) is 25.0. The van der Waals surface area contributed by atoms with Crippen molar-refractivity contribution in [3.05, 3.63) is 95.4 Å². The Labute approximate surface area is 161 Å². The molecule has 5 rings (SSSR count). The number of ether oxygens (including phenoxy) is 1. The molecule has 0 amide bonds. The molecule has 136 valence electrons. The fourth-order valence-electron chi connectivity index (χ4n) is 3.56. The van der Waals surface area contributed by atoms with E-state index >= 15 is 0 Å². The van der Waals surface area contributed by atoms with Gasteiger partial charge in [-0.2, -0.15) is 0 Å². The predicted molar refractivity (Wildman–Crippen MR) is 110 cm³/mol. The topological polar surface area (TPSA) is 48.5 Å². The van der Waals surface area contributed by atoms with Crippen molar-refractivity contribution in [3.63, 3.8) is 0 Å². The van der Waals surface area contributed by atoms with Crippen molar-refractivity contribution in [1.29, 1.82) is 0 Å². The highest BCUT2D eigenvalue weighted by Crippen LogP contribution is 2.29. The van der Waals surface area contributed by atoms with Crippen LogP contribution in [0.1, 0.15) is 0 Å². The van der Waals surface area contributed by atoms with Crippen LogP contribution in [0.3, 0.4) is 0 Å². The number of fused-ring (bicyclic) bond motifs is 2.